The van der Waals surface area contributed by atoms with Gasteiger partial charge in [0.05, 0.1) is 0 Å². The van der Waals surface area contributed by atoms with Gasteiger partial charge in [0.25, 0.3) is 0 Å². The van der Waals surface area contributed by atoms with Crippen molar-refractivity contribution in [2.24, 2.45) is 11.8 Å². The van der Waals surface area contributed by atoms with Crippen LogP contribution in [0.25, 0.3) is 0 Å². The topological polar surface area (TPSA) is 32.8 Å². The van der Waals surface area contributed by atoms with Crippen molar-refractivity contribution in [2.45, 2.75) is 39.2 Å². The summed E-state index contributed by atoms with van der Waals surface area (Å²) in [5.74, 6) is 1.33. The lowest BCUT2D eigenvalue weighted by atomic mass is 9.80. The number of anilines is 1. The molecule has 22 heavy (non-hydrogen) atoms. The molecule has 1 unspecified atom stereocenters. The Labute approximate surface area is 137 Å². The highest BCUT2D eigenvalue weighted by Crippen LogP contribution is 2.33. The van der Waals surface area contributed by atoms with Crippen LogP contribution >= 0.6 is 11.3 Å². The second-order valence-corrected chi connectivity index (χ2v) is 8.26. The summed E-state index contributed by atoms with van der Waals surface area (Å²) in [5.41, 5.74) is 0.959. The molecule has 0 spiro atoms. The average molecular weight is 322 g/mol. The van der Waals surface area contributed by atoms with E-state index < -0.39 is 5.60 Å². The lowest BCUT2D eigenvalue weighted by molar-refractivity contribution is -0.0121. The van der Waals surface area contributed by atoms with Crippen molar-refractivity contribution < 1.29 is 9.53 Å². The Morgan fingerprint density at radius 2 is 2.05 bits per heavy atom. The van der Waals surface area contributed by atoms with Gasteiger partial charge in [0, 0.05) is 37.2 Å². The molecule has 4 nitrogen and oxygen atoms in total. The van der Waals surface area contributed by atoms with Crippen LogP contribution in [-0.4, -0.2) is 42.8 Å². The van der Waals surface area contributed by atoms with Gasteiger partial charge in [0.15, 0.2) is 0 Å². The van der Waals surface area contributed by atoms with Gasteiger partial charge in [-0.25, -0.2) is 4.79 Å². The Morgan fingerprint density at radius 1 is 1.27 bits per heavy atom. The molecule has 0 saturated carbocycles. The van der Waals surface area contributed by atoms with E-state index in [9.17, 15) is 4.79 Å². The van der Waals surface area contributed by atoms with E-state index in [4.69, 9.17) is 4.74 Å². The summed E-state index contributed by atoms with van der Waals surface area (Å²) in [7, 11) is 0. The monoisotopic (exact) mass is 322 g/mol. The number of carbonyl (C=O) groups is 1. The SMILES string of the molecule is CC(C)(C)OC(=O)N1CC(C2CCCN(c3ccsc3)C2)C1. The maximum Gasteiger partial charge on any atom is 0.410 e. The summed E-state index contributed by atoms with van der Waals surface area (Å²) < 4.78 is 5.44. The van der Waals surface area contributed by atoms with Crippen LogP contribution in [0.3, 0.4) is 0 Å². The minimum absolute atomic E-state index is 0.158. The van der Waals surface area contributed by atoms with E-state index in [1.165, 1.54) is 18.5 Å². The van der Waals surface area contributed by atoms with E-state index in [-0.39, 0.29) is 6.09 Å². The number of nitrogens with zero attached hydrogens (tertiary/aromatic N) is 2. The van der Waals surface area contributed by atoms with Gasteiger partial charge in [0.2, 0.25) is 0 Å². The second-order valence-electron chi connectivity index (χ2n) is 7.48. The molecule has 0 aromatic carbocycles. The summed E-state index contributed by atoms with van der Waals surface area (Å²) >= 11 is 1.76. The maximum absolute atomic E-state index is 12.0. The second kappa shape index (κ2) is 6.11. The van der Waals surface area contributed by atoms with Crippen molar-refractivity contribution in [3.05, 3.63) is 16.8 Å². The summed E-state index contributed by atoms with van der Waals surface area (Å²) in [4.78, 5) is 16.4. The van der Waals surface area contributed by atoms with Crippen LogP contribution in [-0.2, 0) is 4.74 Å². The van der Waals surface area contributed by atoms with Crippen molar-refractivity contribution in [2.75, 3.05) is 31.1 Å². The quantitative estimate of drug-likeness (QED) is 0.829. The number of hydrogen-bond donors (Lipinski definition) is 0. The Bertz CT molecular complexity index is 503. The van der Waals surface area contributed by atoms with Gasteiger partial charge in [-0.05, 0) is 56.9 Å². The van der Waals surface area contributed by atoms with E-state index in [1.807, 2.05) is 25.7 Å². The molecule has 3 rings (SSSR count). The first-order valence-electron chi connectivity index (χ1n) is 8.17. The normalized spacial score (nSPS) is 23.3. The molecule has 0 radical (unpaired) electrons. The first kappa shape index (κ1) is 15.7. The molecule has 2 saturated heterocycles. The van der Waals surface area contributed by atoms with Gasteiger partial charge in [-0.1, -0.05) is 0 Å². The predicted molar refractivity (Wildman–Crippen MR) is 90.6 cm³/mol. The van der Waals surface area contributed by atoms with Gasteiger partial charge in [-0.3, -0.25) is 0 Å². The summed E-state index contributed by atoms with van der Waals surface area (Å²) in [6.45, 7) is 9.76. The van der Waals surface area contributed by atoms with Crippen LogP contribution in [0.4, 0.5) is 10.5 Å². The zero-order valence-corrected chi connectivity index (χ0v) is 14.6. The fourth-order valence-electron chi connectivity index (χ4n) is 3.35. The molecule has 1 aromatic heterocycles. The first-order valence-corrected chi connectivity index (χ1v) is 9.12. The van der Waals surface area contributed by atoms with Crippen molar-refractivity contribution in [3.63, 3.8) is 0 Å². The Hall–Kier alpha value is -1.23. The minimum Gasteiger partial charge on any atom is -0.444 e. The smallest absolute Gasteiger partial charge is 0.410 e. The molecule has 2 aliphatic heterocycles. The predicted octanol–water partition coefficient (Wildman–Crippen LogP) is 3.83. The molecule has 1 amide bonds. The molecular weight excluding hydrogens is 296 g/mol. The van der Waals surface area contributed by atoms with E-state index in [0.29, 0.717) is 11.8 Å². The Balaban J connectivity index is 1.49. The van der Waals surface area contributed by atoms with Crippen LogP contribution in [0.5, 0.6) is 0 Å². The molecule has 122 valence electrons. The number of likely N-dealkylation sites (tertiary alicyclic amines) is 1. The van der Waals surface area contributed by atoms with Crippen LogP contribution in [0, 0.1) is 11.8 Å². The van der Waals surface area contributed by atoms with E-state index in [1.54, 1.807) is 11.3 Å². The molecule has 2 aliphatic rings. The molecule has 0 N–H and O–H groups in total. The van der Waals surface area contributed by atoms with Crippen LogP contribution in [0.1, 0.15) is 33.6 Å². The van der Waals surface area contributed by atoms with E-state index >= 15 is 0 Å². The summed E-state index contributed by atoms with van der Waals surface area (Å²) in [6, 6.07) is 2.21. The third-order valence-corrected chi connectivity index (χ3v) is 5.23. The molecule has 2 fully saturated rings. The zero-order valence-electron chi connectivity index (χ0n) is 13.7. The Morgan fingerprint density at radius 3 is 2.68 bits per heavy atom. The van der Waals surface area contributed by atoms with Crippen molar-refractivity contribution in [3.8, 4) is 0 Å². The average Bonchev–Trinajstić information content (AvgIpc) is 2.88. The lowest BCUT2D eigenvalue weighted by Crippen LogP contribution is -2.56. The van der Waals surface area contributed by atoms with Crippen molar-refractivity contribution >= 4 is 23.1 Å². The lowest BCUT2D eigenvalue weighted by Gasteiger charge is -2.46. The van der Waals surface area contributed by atoms with Crippen molar-refractivity contribution in [1.29, 1.82) is 0 Å². The highest BCUT2D eigenvalue weighted by molar-refractivity contribution is 7.08. The zero-order chi connectivity index (χ0) is 15.7. The summed E-state index contributed by atoms with van der Waals surface area (Å²) in [6.07, 6.45) is 2.38. The highest BCUT2D eigenvalue weighted by Gasteiger charge is 2.39. The highest BCUT2D eigenvalue weighted by atomic mass is 32.1. The minimum atomic E-state index is -0.400. The van der Waals surface area contributed by atoms with Crippen LogP contribution in [0.2, 0.25) is 0 Å². The number of rotatable bonds is 2. The number of amides is 1. The molecule has 0 aliphatic carbocycles. The van der Waals surface area contributed by atoms with E-state index in [0.717, 1.165) is 26.2 Å². The largest absolute Gasteiger partial charge is 0.444 e. The van der Waals surface area contributed by atoms with Crippen LogP contribution in [0.15, 0.2) is 16.8 Å². The molecule has 5 heteroatoms. The molecule has 3 heterocycles. The number of hydrogen-bond acceptors (Lipinski definition) is 4. The third-order valence-electron chi connectivity index (χ3n) is 4.56. The fraction of sp³-hybridized carbons (Fsp3) is 0.706. The standard InChI is InChI=1S/C17H26N2O2S/c1-17(2,3)21-16(20)19-10-14(11-19)13-5-4-7-18(9-13)15-6-8-22-12-15/h6,8,12-14H,4-5,7,9-11H2,1-3H3. The number of piperidine rings is 1. The van der Waals surface area contributed by atoms with Gasteiger partial charge >= 0.3 is 6.09 Å². The third kappa shape index (κ3) is 3.57. The molecule has 1 atom stereocenters. The van der Waals surface area contributed by atoms with Gasteiger partial charge in [-0.15, -0.1) is 0 Å². The van der Waals surface area contributed by atoms with Gasteiger partial charge < -0.3 is 14.5 Å². The summed E-state index contributed by atoms with van der Waals surface area (Å²) in [5, 5.41) is 4.38. The number of ether oxygens (including phenoxy) is 1. The maximum atomic E-state index is 12.0. The molecule has 1 aromatic rings. The first-order chi connectivity index (χ1) is 10.4. The molecular formula is C17H26N2O2S. The van der Waals surface area contributed by atoms with E-state index in [2.05, 4.69) is 21.7 Å². The van der Waals surface area contributed by atoms with Crippen LogP contribution < -0.4 is 4.90 Å². The Kier molecular flexibility index (Phi) is 4.35. The number of carbonyl (C=O) groups excluding carboxylic acids is 1. The van der Waals surface area contributed by atoms with Gasteiger partial charge in [0.1, 0.15) is 5.60 Å². The van der Waals surface area contributed by atoms with Crippen molar-refractivity contribution in [1.82, 2.24) is 4.90 Å². The molecule has 0 bridgehead atoms. The fourth-order valence-corrected chi connectivity index (χ4v) is 4.02. The number of thiophene rings is 1. The van der Waals surface area contributed by atoms with Gasteiger partial charge in [-0.2, -0.15) is 11.3 Å².